The maximum Gasteiger partial charge on any atom is 0.191 e. The van der Waals surface area contributed by atoms with Crippen molar-refractivity contribution in [3.05, 3.63) is 0 Å². The van der Waals surface area contributed by atoms with E-state index in [4.69, 9.17) is 4.74 Å². The average molecular weight is 258 g/mol. The van der Waals surface area contributed by atoms with Crippen LogP contribution in [0.1, 0.15) is 27.7 Å². The number of rotatable bonds is 7. The summed E-state index contributed by atoms with van der Waals surface area (Å²) >= 11 is 0. The van der Waals surface area contributed by atoms with Crippen LogP contribution in [0.2, 0.25) is 0 Å². The predicted molar refractivity (Wildman–Crippen MR) is 78.2 cm³/mol. The van der Waals surface area contributed by atoms with Gasteiger partial charge >= 0.3 is 0 Å². The Morgan fingerprint density at radius 3 is 2.44 bits per heavy atom. The lowest BCUT2D eigenvalue weighted by Crippen LogP contribution is -2.46. The molecule has 0 fully saturated rings. The molecule has 0 aliphatic carbocycles. The highest BCUT2D eigenvalue weighted by molar-refractivity contribution is 5.80. The van der Waals surface area contributed by atoms with Crippen LogP contribution >= 0.6 is 0 Å². The van der Waals surface area contributed by atoms with Crippen LogP contribution in [0.15, 0.2) is 4.99 Å². The third-order valence-electron chi connectivity index (χ3n) is 2.98. The van der Waals surface area contributed by atoms with Crippen LogP contribution in [0.4, 0.5) is 0 Å². The molecule has 0 aliphatic heterocycles. The zero-order valence-corrected chi connectivity index (χ0v) is 13.0. The molecule has 0 heterocycles. The van der Waals surface area contributed by atoms with E-state index in [0.717, 1.165) is 19.0 Å². The number of hydrogen-bond donors (Lipinski definition) is 2. The van der Waals surface area contributed by atoms with E-state index >= 15 is 0 Å². The van der Waals surface area contributed by atoms with Gasteiger partial charge < -0.3 is 20.3 Å². The minimum absolute atomic E-state index is 0.0485. The highest BCUT2D eigenvalue weighted by Gasteiger charge is 2.20. The molecule has 0 bridgehead atoms. The molecule has 0 aliphatic rings. The van der Waals surface area contributed by atoms with Gasteiger partial charge in [0.15, 0.2) is 5.96 Å². The van der Waals surface area contributed by atoms with Gasteiger partial charge in [0.1, 0.15) is 0 Å². The molecule has 0 amide bonds. The lowest BCUT2D eigenvalue weighted by atomic mass is 10.1. The summed E-state index contributed by atoms with van der Waals surface area (Å²) in [5.74, 6) is 0.844. The monoisotopic (exact) mass is 258 g/mol. The lowest BCUT2D eigenvalue weighted by Gasteiger charge is -2.31. The molecule has 0 saturated heterocycles. The standard InChI is InChI=1S/C13H30N4O/c1-8-14-12(16-11(2)9-18-7)15-10-13(3,4)17(5)6/h11H,8-10H2,1-7H3,(H2,14,15,16). The van der Waals surface area contributed by atoms with Crippen LogP contribution in [-0.4, -0.2) is 63.3 Å². The molecule has 5 heteroatoms. The fraction of sp³-hybridized carbons (Fsp3) is 0.923. The van der Waals surface area contributed by atoms with E-state index in [1.54, 1.807) is 7.11 Å². The van der Waals surface area contributed by atoms with Gasteiger partial charge in [0.2, 0.25) is 0 Å². The van der Waals surface area contributed by atoms with Gasteiger partial charge in [-0.05, 0) is 41.8 Å². The number of likely N-dealkylation sites (N-methyl/N-ethyl adjacent to an activating group) is 1. The van der Waals surface area contributed by atoms with Crippen LogP contribution < -0.4 is 10.6 Å². The summed E-state index contributed by atoms with van der Waals surface area (Å²) in [6.07, 6.45) is 0. The quantitative estimate of drug-likeness (QED) is 0.526. The molecule has 108 valence electrons. The van der Waals surface area contributed by atoms with Crippen molar-refractivity contribution in [3.8, 4) is 0 Å². The number of aliphatic imine (C=N–C) groups is 1. The number of hydrogen-bond acceptors (Lipinski definition) is 3. The molecule has 0 aromatic rings. The van der Waals surface area contributed by atoms with Gasteiger partial charge in [-0.15, -0.1) is 0 Å². The molecule has 1 unspecified atom stereocenters. The van der Waals surface area contributed by atoms with Gasteiger partial charge in [-0.3, -0.25) is 4.99 Å². The van der Waals surface area contributed by atoms with E-state index in [2.05, 4.69) is 62.3 Å². The Kier molecular flexibility index (Phi) is 7.95. The zero-order valence-electron chi connectivity index (χ0n) is 13.0. The van der Waals surface area contributed by atoms with Crippen LogP contribution in [0.25, 0.3) is 0 Å². The first kappa shape index (κ1) is 17.2. The topological polar surface area (TPSA) is 48.9 Å². The SMILES string of the molecule is CCNC(=NCC(C)(C)N(C)C)NC(C)COC. The third kappa shape index (κ3) is 6.81. The summed E-state index contributed by atoms with van der Waals surface area (Å²) < 4.78 is 5.11. The lowest BCUT2D eigenvalue weighted by molar-refractivity contribution is 0.178. The summed E-state index contributed by atoms with van der Waals surface area (Å²) in [4.78, 5) is 6.81. The van der Waals surface area contributed by atoms with E-state index in [-0.39, 0.29) is 11.6 Å². The van der Waals surface area contributed by atoms with Crippen LogP contribution in [0.5, 0.6) is 0 Å². The molecule has 0 aromatic carbocycles. The third-order valence-corrected chi connectivity index (χ3v) is 2.98. The normalized spacial score (nSPS) is 14.8. The summed E-state index contributed by atoms with van der Waals surface area (Å²) in [7, 11) is 5.85. The molecule has 18 heavy (non-hydrogen) atoms. The molecular formula is C13H30N4O. The Morgan fingerprint density at radius 1 is 1.39 bits per heavy atom. The van der Waals surface area contributed by atoms with E-state index in [0.29, 0.717) is 6.61 Å². The van der Waals surface area contributed by atoms with Crippen molar-refractivity contribution in [1.82, 2.24) is 15.5 Å². The first-order valence-electron chi connectivity index (χ1n) is 6.54. The molecule has 0 aromatic heterocycles. The van der Waals surface area contributed by atoms with Crippen LogP contribution in [0, 0.1) is 0 Å². The van der Waals surface area contributed by atoms with Gasteiger partial charge in [-0.1, -0.05) is 0 Å². The highest BCUT2D eigenvalue weighted by Crippen LogP contribution is 2.09. The van der Waals surface area contributed by atoms with Crippen molar-refractivity contribution in [2.24, 2.45) is 4.99 Å². The Labute approximate surface area is 112 Å². The van der Waals surface area contributed by atoms with Gasteiger partial charge in [0, 0.05) is 25.2 Å². The Hall–Kier alpha value is -0.810. The number of nitrogens with zero attached hydrogens (tertiary/aromatic N) is 2. The average Bonchev–Trinajstić information content (AvgIpc) is 2.26. The van der Waals surface area contributed by atoms with E-state index in [9.17, 15) is 0 Å². The van der Waals surface area contributed by atoms with Gasteiger partial charge in [-0.2, -0.15) is 0 Å². The maximum absolute atomic E-state index is 5.11. The second-order valence-corrected chi connectivity index (χ2v) is 5.40. The smallest absolute Gasteiger partial charge is 0.191 e. The highest BCUT2D eigenvalue weighted by atomic mass is 16.5. The largest absolute Gasteiger partial charge is 0.383 e. The first-order valence-corrected chi connectivity index (χ1v) is 6.54. The maximum atomic E-state index is 5.11. The molecule has 2 N–H and O–H groups in total. The molecule has 0 spiro atoms. The molecular weight excluding hydrogens is 228 g/mol. The minimum atomic E-state index is 0.0485. The number of nitrogens with one attached hydrogen (secondary N) is 2. The van der Waals surface area contributed by atoms with Gasteiger partial charge in [0.05, 0.1) is 13.2 Å². The van der Waals surface area contributed by atoms with Crippen molar-refractivity contribution in [2.75, 3.05) is 40.9 Å². The summed E-state index contributed by atoms with van der Waals surface area (Å²) in [6.45, 7) is 10.8. The predicted octanol–water partition coefficient (Wildman–Crippen LogP) is 0.917. The summed E-state index contributed by atoms with van der Waals surface area (Å²) in [5.41, 5.74) is 0.0485. The second-order valence-electron chi connectivity index (χ2n) is 5.40. The number of ether oxygens (including phenoxy) is 1. The first-order chi connectivity index (χ1) is 8.33. The van der Waals surface area contributed by atoms with E-state index < -0.39 is 0 Å². The number of methoxy groups -OCH3 is 1. The molecule has 1 atom stereocenters. The van der Waals surface area contributed by atoms with Crippen molar-refractivity contribution in [2.45, 2.75) is 39.3 Å². The molecule has 0 rings (SSSR count). The van der Waals surface area contributed by atoms with E-state index in [1.807, 2.05) is 0 Å². The fourth-order valence-corrected chi connectivity index (χ4v) is 1.26. The fourth-order valence-electron chi connectivity index (χ4n) is 1.26. The van der Waals surface area contributed by atoms with Crippen molar-refractivity contribution >= 4 is 5.96 Å². The summed E-state index contributed by atoms with van der Waals surface area (Å²) in [5, 5.41) is 6.57. The second kappa shape index (κ2) is 8.32. The van der Waals surface area contributed by atoms with Crippen molar-refractivity contribution in [1.29, 1.82) is 0 Å². The van der Waals surface area contributed by atoms with Crippen LogP contribution in [-0.2, 0) is 4.74 Å². The minimum Gasteiger partial charge on any atom is -0.383 e. The molecule has 0 saturated carbocycles. The Bertz CT molecular complexity index is 251. The molecule has 0 radical (unpaired) electrons. The van der Waals surface area contributed by atoms with E-state index in [1.165, 1.54) is 0 Å². The zero-order chi connectivity index (χ0) is 14.2. The summed E-state index contributed by atoms with van der Waals surface area (Å²) in [6, 6.07) is 0.246. The van der Waals surface area contributed by atoms with Crippen molar-refractivity contribution < 1.29 is 4.74 Å². The van der Waals surface area contributed by atoms with Crippen molar-refractivity contribution in [3.63, 3.8) is 0 Å². The Balaban J connectivity index is 4.49. The molecule has 5 nitrogen and oxygen atoms in total. The number of guanidine groups is 1. The Morgan fingerprint density at radius 2 is 2.00 bits per heavy atom. The van der Waals surface area contributed by atoms with Gasteiger partial charge in [-0.25, -0.2) is 0 Å². The van der Waals surface area contributed by atoms with Crippen LogP contribution in [0.3, 0.4) is 0 Å². The van der Waals surface area contributed by atoms with Gasteiger partial charge in [0.25, 0.3) is 0 Å².